The summed E-state index contributed by atoms with van der Waals surface area (Å²) in [5, 5.41) is 31.9. The van der Waals surface area contributed by atoms with Crippen molar-refractivity contribution in [3.05, 3.63) is 23.8 Å². The van der Waals surface area contributed by atoms with Crippen LogP contribution in [-0.4, -0.2) is 57.0 Å². The summed E-state index contributed by atoms with van der Waals surface area (Å²) in [5.74, 6) is -3.24. The fourth-order valence-electron chi connectivity index (χ4n) is 7.25. The Morgan fingerprint density at radius 2 is 1.93 bits per heavy atom. The van der Waals surface area contributed by atoms with Crippen molar-refractivity contribution < 1.29 is 33.7 Å². The number of alkyl halides is 2. The van der Waals surface area contributed by atoms with Gasteiger partial charge in [0.1, 0.15) is 18.4 Å². The van der Waals surface area contributed by atoms with Gasteiger partial charge in [0, 0.05) is 16.7 Å². The number of ketones is 2. The van der Waals surface area contributed by atoms with E-state index in [2.05, 4.69) is 0 Å². The summed E-state index contributed by atoms with van der Waals surface area (Å²) in [6.45, 7) is 3.96. The maximum atomic E-state index is 16.9. The first kappa shape index (κ1) is 20.8. The van der Waals surface area contributed by atoms with Crippen LogP contribution < -0.4 is 0 Å². The average Bonchev–Trinajstić information content (AvgIpc) is 2.86. The highest BCUT2D eigenvalue weighted by Gasteiger charge is 2.76. The second-order valence-electron chi connectivity index (χ2n) is 9.84. The lowest BCUT2D eigenvalue weighted by Crippen LogP contribution is -2.70. The maximum absolute atomic E-state index is 16.9. The number of allylic oxidation sites excluding steroid dienone is 4. The first-order valence-corrected chi connectivity index (χ1v) is 10.2. The first-order valence-electron chi connectivity index (χ1n) is 10.2. The molecule has 3 N–H and O–H groups in total. The minimum Gasteiger partial charge on any atom is -0.390 e. The minimum atomic E-state index is -2.24. The highest BCUT2D eigenvalue weighted by molar-refractivity contribution is 6.01. The molecule has 0 spiro atoms. The van der Waals surface area contributed by atoms with Crippen LogP contribution in [0.1, 0.15) is 40.0 Å². The van der Waals surface area contributed by atoms with E-state index in [9.17, 15) is 24.9 Å². The molecule has 0 amide bonds. The normalized spacial score (nSPS) is 53.7. The summed E-state index contributed by atoms with van der Waals surface area (Å²) >= 11 is 0. The number of hydrogen-bond acceptors (Lipinski definition) is 5. The predicted octanol–water partition coefficient (Wildman–Crippen LogP) is 1.84. The summed E-state index contributed by atoms with van der Waals surface area (Å²) in [4.78, 5) is 24.3. The zero-order chi connectivity index (χ0) is 21.6. The highest BCUT2D eigenvalue weighted by Crippen LogP contribution is 2.70. The van der Waals surface area contributed by atoms with Crippen LogP contribution in [0, 0.1) is 28.6 Å². The van der Waals surface area contributed by atoms with E-state index in [0.29, 0.717) is 0 Å². The van der Waals surface area contributed by atoms with E-state index >= 15 is 8.78 Å². The summed E-state index contributed by atoms with van der Waals surface area (Å²) in [7, 11) is 0. The first-order chi connectivity index (χ1) is 13.4. The Morgan fingerprint density at radius 3 is 2.55 bits per heavy atom. The Kier molecular flexibility index (Phi) is 4.34. The summed E-state index contributed by atoms with van der Waals surface area (Å²) in [5.41, 5.74) is -6.81. The smallest absolute Gasteiger partial charge is 0.190 e. The fraction of sp³-hybridized carbons (Fsp3) is 0.727. The van der Waals surface area contributed by atoms with Gasteiger partial charge in [0.05, 0.1) is 6.10 Å². The Morgan fingerprint density at radius 1 is 1.28 bits per heavy atom. The molecule has 0 radical (unpaired) electrons. The molecule has 4 aliphatic carbocycles. The second kappa shape index (κ2) is 6.05. The van der Waals surface area contributed by atoms with E-state index < -0.39 is 70.3 Å². The number of aliphatic hydroxyl groups is 3. The molecule has 3 fully saturated rings. The topological polar surface area (TPSA) is 94.8 Å². The van der Waals surface area contributed by atoms with Crippen LogP contribution in [0.4, 0.5) is 8.78 Å². The van der Waals surface area contributed by atoms with Crippen molar-refractivity contribution in [1.29, 1.82) is 0 Å². The van der Waals surface area contributed by atoms with Crippen molar-refractivity contribution in [1.82, 2.24) is 0 Å². The van der Waals surface area contributed by atoms with Crippen LogP contribution in [0.3, 0.4) is 0 Å². The molecule has 0 aliphatic heterocycles. The van der Waals surface area contributed by atoms with Gasteiger partial charge in [-0.2, -0.15) is 0 Å². The van der Waals surface area contributed by atoms with E-state index in [4.69, 9.17) is 0 Å². The van der Waals surface area contributed by atoms with E-state index in [0.717, 1.165) is 6.08 Å². The van der Waals surface area contributed by atoms with Gasteiger partial charge in [-0.1, -0.05) is 19.9 Å². The van der Waals surface area contributed by atoms with Crippen molar-refractivity contribution >= 4 is 11.6 Å². The quantitative estimate of drug-likeness (QED) is 0.646. The van der Waals surface area contributed by atoms with E-state index in [-0.39, 0.29) is 24.8 Å². The molecular formula is C22H28F2O5. The predicted molar refractivity (Wildman–Crippen MR) is 100 cm³/mol. The molecule has 4 aliphatic rings. The molecular weight excluding hydrogens is 382 g/mol. The number of Topliss-reactive ketones (excluding diaryl/α,β-unsaturated/α-hetero) is 1. The van der Waals surface area contributed by atoms with Crippen LogP contribution in [0.25, 0.3) is 0 Å². The Hall–Kier alpha value is -1.44. The molecule has 0 aromatic heterocycles. The van der Waals surface area contributed by atoms with Gasteiger partial charge in [-0.05, 0) is 55.7 Å². The van der Waals surface area contributed by atoms with E-state index in [1.165, 1.54) is 19.1 Å². The summed E-state index contributed by atoms with van der Waals surface area (Å²) in [6.07, 6.45) is 0.427. The molecule has 0 saturated heterocycles. The van der Waals surface area contributed by atoms with E-state index in [1.807, 2.05) is 0 Å². The number of carbonyl (C=O) groups is 2. The number of aliphatic hydroxyl groups excluding tert-OH is 2. The van der Waals surface area contributed by atoms with Gasteiger partial charge < -0.3 is 15.3 Å². The largest absolute Gasteiger partial charge is 0.390 e. The van der Waals surface area contributed by atoms with Gasteiger partial charge in [-0.25, -0.2) is 8.78 Å². The van der Waals surface area contributed by atoms with Crippen molar-refractivity contribution in [2.45, 2.75) is 63.6 Å². The number of carbonyl (C=O) groups excluding carboxylic acids is 2. The van der Waals surface area contributed by atoms with Gasteiger partial charge in [0.25, 0.3) is 0 Å². The highest BCUT2D eigenvalue weighted by atomic mass is 19.1. The maximum Gasteiger partial charge on any atom is 0.190 e. The molecule has 29 heavy (non-hydrogen) atoms. The molecule has 3 saturated carbocycles. The second-order valence-corrected chi connectivity index (χ2v) is 9.84. The number of rotatable bonds is 2. The third kappa shape index (κ3) is 2.19. The standard InChI is InChI=1S/C22H28F2O5/c1-11-6-13-14-8-16(23)15-7-12(26)4-5-19(15,2)21(14,24)17(27)9-20(13,3)22(11,29)18(28)10-25/h4-5,7,11,13-14,16-17,25,27,29H,6,8-10H2,1-3H3/t11-,13+,14+,16-,17-,19-,20-,21+,22+/m0/s1. The van der Waals surface area contributed by atoms with Crippen molar-refractivity contribution in [2.24, 2.45) is 28.6 Å². The zero-order valence-corrected chi connectivity index (χ0v) is 16.9. The van der Waals surface area contributed by atoms with Crippen molar-refractivity contribution in [3.63, 3.8) is 0 Å². The van der Waals surface area contributed by atoms with Crippen LogP contribution in [0.2, 0.25) is 0 Å². The summed E-state index contributed by atoms with van der Waals surface area (Å²) in [6, 6.07) is 0. The van der Waals surface area contributed by atoms with Gasteiger partial charge in [0.2, 0.25) is 0 Å². The molecule has 0 unspecified atom stereocenters. The Labute approximate surface area is 168 Å². The lowest BCUT2D eigenvalue weighted by atomic mass is 9.44. The third-order valence-electron chi connectivity index (χ3n) is 8.78. The van der Waals surface area contributed by atoms with Crippen LogP contribution in [0.15, 0.2) is 23.8 Å². The summed E-state index contributed by atoms with van der Waals surface area (Å²) < 4.78 is 32.1. The van der Waals surface area contributed by atoms with Crippen molar-refractivity contribution in [2.75, 3.05) is 6.61 Å². The lowest BCUT2D eigenvalue weighted by Gasteiger charge is -2.63. The number of hydrogen-bond donors (Lipinski definition) is 3. The third-order valence-corrected chi connectivity index (χ3v) is 8.78. The van der Waals surface area contributed by atoms with Gasteiger partial charge >= 0.3 is 0 Å². The monoisotopic (exact) mass is 410 g/mol. The van der Waals surface area contributed by atoms with E-state index in [1.54, 1.807) is 13.8 Å². The molecule has 0 aromatic carbocycles. The number of fused-ring (bicyclic) bond motifs is 5. The zero-order valence-electron chi connectivity index (χ0n) is 16.9. The molecule has 9 atom stereocenters. The molecule has 0 heterocycles. The van der Waals surface area contributed by atoms with Gasteiger partial charge in [-0.3, -0.25) is 9.59 Å². The molecule has 0 aromatic rings. The van der Waals surface area contributed by atoms with Crippen molar-refractivity contribution in [3.8, 4) is 0 Å². The van der Waals surface area contributed by atoms with Crippen LogP contribution >= 0.6 is 0 Å². The van der Waals surface area contributed by atoms with Gasteiger partial charge in [0.15, 0.2) is 17.2 Å². The molecule has 7 heteroatoms. The van der Waals surface area contributed by atoms with Crippen LogP contribution in [-0.2, 0) is 9.59 Å². The Balaban J connectivity index is 1.87. The molecule has 0 bridgehead atoms. The lowest BCUT2D eigenvalue weighted by molar-refractivity contribution is -0.223. The minimum absolute atomic E-state index is 0.0409. The fourth-order valence-corrected chi connectivity index (χ4v) is 7.25. The van der Waals surface area contributed by atoms with Crippen LogP contribution in [0.5, 0.6) is 0 Å². The molecule has 5 nitrogen and oxygen atoms in total. The Bertz CT molecular complexity index is 839. The number of halogens is 2. The SMILES string of the molecule is C[C@H]1C[C@@H]2[C@H]3C[C@H](F)C4=CC(=O)C=C[C@]4(C)[C@]3(F)[C@@H](O)C[C@]2(C)[C@]1(O)C(=O)CO. The molecule has 4 rings (SSSR count). The molecule has 160 valence electrons. The van der Waals surface area contributed by atoms with Gasteiger partial charge in [-0.15, -0.1) is 0 Å². The average molecular weight is 410 g/mol.